The van der Waals surface area contributed by atoms with Crippen molar-refractivity contribution >= 4 is 5.97 Å². The average molecular weight is 256 g/mol. The molecule has 1 aliphatic rings. The SMILES string of the molecule is CC(C)(C)CCN1CCN(CCCC(=O)O)CC1. The highest BCUT2D eigenvalue weighted by atomic mass is 16.4. The fraction of sp³-hybridized carbons (Fsp3) is 0.929. The number of hydrogen-bond acceptors (Lipinski definition) is 3. The molecule has 106 valence electrons. The Labute approximate surface area is 111 Å². The van der Waals surface area contributed by atoms with Gasteiger partial charge in [0.1, 0.15) is 0 Å². The lowest BCUT2D eigenvalue weighted by atomic mass is 9.92. The lowest BCUT2D eigenvalue weighted by Gasteiger charge is -2.35. The van der Waals surface area contributed by atoms with Crippen LogP contribution in [-0.4, -0.2) is 60.1 Å². The molecule has 0 aromatic rings. The largest absolute Gasteiger partial charge is 0.481 e. The van der Waals surface area contributed by atoms with E-state index >= 15 is 0 Å². The van der Waals surface area contributed by atoms with E-state index < -0.39 is 5.97 Å². The van der Waals surface area contributed by atoms with Crippen LogP contribution in [0.15, 0.2) is 0 Å². The smallest absolute Gasteiger partial charge is 0.303 e. The predicted molar refractivity (Wildman–Crippen MR) is 73.8 cm³/mol. The van der Waals surface area contributed by atoms with Crippen molar-refractivity contribution in [2.45, 2.75) is 40.0 Å². The third-order valence-electron chi connectivity index (χ3n) is 3.51. The van der Waals surface area contributed by atoms with Gasteiger partial charge in [0.2, 0.25) is 0 Å². The van der Waals surface area contributed by atoms with E-state index in [1.807, 2.05) is 0 Å². The molecule has 0 unspecified atom stereocenters. The minimum Gasteiger partial charge on any atom is -0.481 e. The van der Waals surface area contributed by atoms with Crippen LogP contribution in [0.4, 0.5) is 0 Å². The van der Waals surface area contributed by atoms with Crippen LogP contribution in [0.1, 0.15) is 40.0 Å². The minimum absolute atomic E-state index is 0.296. The topological polar surface area (TPSA) is 43.8 Å². The molecule has 1 N–H and O–H groups in total. The zero-order chi connectivity index (χ0) is 13.6. The molecular weight excluding hydrogens is 228 g/mol. The highest BCUT2D eigenvalue weighted by Gasteiger charge is 2.18. The van der Waals surface area contributed by atoms with Crippen molar-refractivity contribution in [1.29, 1.82) is 0 Å². The van der Waals surface area contributed by atoms with E-state index in [1.165, 1.54) is 13.0 Å². The van der Waals surface area contributed by atoms with E-state index in [9.17, 15) is 4.79 Å². The number of nitrogens with zero attached hydrogens (tertiary/aromatic N) is 2. The normalized spacial score (nSPS) is 19.1. The molecule has 1 fully saturated rings. The van der Waals surface area contributed by atoms with Crippen molar-refractivity contribution in [3.8, 4) is 0 Å². The maximum Gasteiger partial charge on any atom is 0.303 e. The van der Waals surface area contributed by atoms with E-state index in [-0.39, 0.29) is 0 Å². The molecular formula is C14H28N2O2. The third kappa shape index (κ3) is 6.97. The second kappa shape index (κ2) is 7.10. The molecule has 1 saturated heterocycles. The molecule has 0 aromatic heterocycles. The Kier molecular flexibility index (Phi) is 6.09. The average Bonchev–Trinajstić information content (AvgIpc) is 2.26. The number of carboxylic acid groups (broad SMARTS) is 1. The molecule has 1 heterocycles. The summed E-state index contributed by atoms with van der Waals surface area (Å²) in [5, 5.41) is 8.60. The Balaban J connectivity index is 2.11. The van der Waals surface area contributed by atoms with Gasteiger partial charge >= 0.3 is 5.97 Å². The molecule has 0 atom stereocenters. The molecule has 0 amide bonds. The summed E-state index contributed by atoms with van der Waals surface area (Å²) in [5.41, 5.74) is 0.415. The first-order chi connectivity index (χ1) is 8.37. The first-order valence-corrected chi connectivity index (χ1v) is 7.03. The van der Waals surface area contributed by atoms with Crippen LogP contribution < -0.4 is 0 Å². The first-order valence-electron chi connectivity index (χ1n) is 7.03. The summed E-state index contributed by atoms with van der Waals surface area (Å²) < 4.78 is 0. The second-order valence-electron chi connectivity index (χ2n) is 6.49. The van der Waals surface area contributed by atoms with Gasteiger partial charge in [-0.2, -0.15) is 0 Å². The van der Waals surface area contributed by atoms with E-state index in [1.54, 1.807) is 0 Å². The highest BCUT2D eigenvalue weighted by Crippen LogP contribution is 2.19. The van der Waals surface area contributed by atoms with Crippen LogP contribution in [0.25, 0.3) is 0 Å². The number of carboxylic acids is 1. The molecule has 4 nitrogen and oxygen atoms in total. The van der Waals surface area contributed by atoms with Gasteiger partial charge in [-0.3, -0.25) is 4.79 Å². The Morgan fingerprint density at radius 1 is 1.06 bits per heavy atom. The van der Waals surface area contributed by atoms with Gasteiger partial charge in [0.25, 0.3) is 0 Å². The Morgan fingerprint density at radius 2 is 1.56 bits per heavy atom. The second-order valence-corrected chi connectivity index (χ2v) is 6.49. The van der Waals surface area contributed by atoms with E-state index in [0.29, 0.717) is 11.8 Å². The van der Waals surface area contributed by atoms with Crippen molar-refractivity contribution in [3.05, 3.63) is 0 Å². The van der Waals surface area contributed by atoms with E-state index in [4.69, 9.17) is 5.11 Å². The molecule has 0 aromatic carbocycles. The van der Waals surface area contributed by atoms with Crippen LogP contribution in [0, 0.1) is 5.41 Å². The van der Waals surface area contributed by atoms with E-state index in [0.717, 1.165) is 39.1 Å². The van der Waals surface area contributed by atoms with Gasteiger partial charge < -0.3 is 14.9 Å². The summed E-state index contributed by atoms with van der Waals surface area (Å²) in [6, 6.07) is 0. The quantitative estimate of drug-likeness (QED) is 0.788. The van der Waals surface area contributed by atoms with Gasteiger partial charge in [-0.1, -0.05) is 20.8 Å². The number of carbonyl (C=O) groups is 1. The molecule has 0 saturated carbocycles. The maximum absolute atomic E-state index is 10.4. The molecule has 4 heteroatoms. The van der Waals surface area contributed by atoms with Gasteiger partial charge in [0, 0.05) is 32.6 Å². The minimum atomic E-state index is -0.682. The highest BCUT2D eigenvalue weighted by molar-refractivity contribution is 5.66. The molecule has 0 bridgehead atoms. The third-order valence-corrected chi connectivity index (χ3v) is 3.51. The van der Waals surface area contributed by atoms with Gasteiger partial charge in [-0.15, -0.1) is 0 Å². The fourth-order valence-corrected chi connectivity index (χ4v) is 2.18. The van der Waals surface area contributed by atoms with Crippen LogP contribution in [0.5, 0.6) is 0 Å². The van der Waals surface area contributed by atoms with Gasteiger partial charge in [-0.25, -0.2) is 0 Å². The molecule has 0 spiro atoms. The number of hydrogen-bond donors (Lipinski definition) is 1. The molecule has 1 rings (SSSR count). The van der Waals surface area contributed by atoms with Crippen molar-refractivity contribution in [2.24, 2.45) is 5.41 Å². The first kappa shape index (κ1) is 15.4. The number of aliphatic carboxylic acids is 1. The van der Waals surface area contributed by atoms with Crippen molar-refractivity contribution in [3.63, 3.8) is 0 Å². The summed E-state index contributed by atoms with van der Waals surface area (Å²) >= 11 is 0. The van der Waals surface area contributed by atoms with Crippen molar-refractivity contribution < 1.29 is 9.90 Å². The van der Waals surface area contributed by atoms with Crippen LogP contribution in [-0.2, 0) is 4.79 Å². The van der Waals surface area contributed by atoms with E-state index in [2.05, 4.69) is 30.6 Å². The fourth-order valence-electron chi connectivity index (χ4n) is 2.18. The van der Waals surface area contributed by atoms with Crippen LogP contribution in [0.2, 0.25) is 0 Å². The lowest BCUT2D eigenvalue weighted by molar-refractivity contribution is -0.137. The van der Waals surface area contributed by atoms with Gasteiger partial charge in [0.15, 0.2) is 0 Å². The Bertz CT molecular complexity index is 253. The maximum atomic E-state index is 10.4. The molecule has 1 aliphatic heterocycles. The monoisotopic (exact) mass is 256 g/mol. The summed E-state index contributed by atoms with van der Waals surface area (Å²) in [7, 11) is 0. The Morgan fingerprint density at radius 3 is 2.00 bits per heavy atom. The van der Waals surface area contributed by atoms with Crippen molar-refractivity contribution in [1.82, 2.24) is 9.80 Å². The van der Waals surface area contributed by atoms with Crippen LogP contribution in [0.3, 0.4) is 0 Å². The zero-order valence-electron chi connectivity index (χ0n) is 12.1. The number of piperazine rings is 1. The standard InChI is InChI=1S/C14H28N2O2/c1-14(2,3)6-8-16-11-9-15(10-12-16)7-4-5-13(17)18/h4-12H2,1-3H3,(H,17,18). The molecule has 0 radical (unpaired) electrons. The van der Waals surface area contributed by atoms with Gasteiger partial charge in [0.05, 0.1) is 0 Å². The summed E-state index contributed by atoms with van der Waals surface area (Å²) in [5.74, 6) is -0.682. The zero-order valence-corrected chi connectivity index (χ0v) is 12.1. The summed E-state index contributed by atoms with van der Waals surface area (Å²) in [6.07, 6.45) is 2.31. The van der Waals surface area contributed by atoms with Crippen molar-refractivity contribution in [2.75, 3.05) is 39.3 Å². The van der Waals surface area contributed by atoms with Crippen LogP contribution >= 0.6 is 0 Å². The Hall–Kier alpha value is -0.610. The number of rotatable bonds is 6. The summed E-state index contributed by atoms with van der Waals surface area (Å²) in [6.45, 7) is 13.4. The molecule has 0 aliphatic carbocycles. The molecule has 18 heavy (non-hydrogen) atoms. The predicted octanol–water partition coefficient (Wildman–Crippen LogP) is 1.91. The van der Waals surface area contributed by atoms with Gasteiger partial charge in [-0.05, 0) is 31.3 Å². The lowest BCUT2D eigenvalue weighted by Crippen LogP contribution is -2.47. The summed E-state index contributed by atoms with van der Waals surface area (Å²) in [4.78, 5) is 15.4.